The number of hydrogen-bond donors (Lipinski definition) is 2. The maximum atomic E-state index is 12.0. The van der Waals surface area contributed by atoms with Gasteiger partial charge in [-0.05, 0) is 24.6 Å². The molecule has 1 unspecified atom stereocenters. The standard InChI is InChI=1S/C14H17N3O3/c1-10(17-6-5-15-9-17)14(19)16-8-11-3-4-12(18)13(7-11)20-2/h3-7,9-10,18H,8H2,1-2H3,(H,16,19). The van der Waals surface area contributed by atoms with E-state index in [-0.39, 0.29) is 17.7 Å². The van der Waals surface area contributed by atoms with Gasteiger partial charge < -0.3 is 19.7 Å². The van der Waals surface area contributed by atoms with Crippen molar-refractivity contribution in [2.24, 2.45) is 0 Å². The molecule has 6 heteroatoms. The van der Waals surface area contributed by atoms with Crippen LogP contribution < -0.4 is 10.1 Å². The highest BCUT2D eigenvalue weighted by Crippen LogP contribution is 2.26. The number of phenolic OH excluding ortho intramolecular Hbond substituents is 1. The Morgan fingerprint density at radius 2 is 2.35 bits per heavy atom. The first-order valence-electron chi connectivity index (χ1n) is 6.23. The van der Waals surface area contributed by atoms with E-state index in [1.807, 2.05) is 0 Å². The summed E-state index contributed by atoms with van der Waals surface area (Å²) in [7, 11) is 1.48. The number of aromatic nitrogens is 2. The van der Waals surface area contributed by atoms with Gasteiger partial charge in [0.1, 0.15) is 6.04 Å². The third-order valence-corrected chi connectivity index (χ3v) is 3.06. The van der Waals surface area contributed by atoms with Gasteiger partial charge in [-0.3, -0.25) is 4.79 Å². The van der Waals surface area contributed by atoms with E-state index >= 15 is 0 Å². The zero-order valence-corrected chi connectivity index (χ0v) is 11.4. The van der Waals surface area contributed by atoms with Gasteiger partial charge in [0.25, 0.3) is 0 Å². The maximum Gasteiger partial charge on any atom is 0.243 e. The average Bonchev–Trinajstić information content (AvgIpc) is 2.99. The van der Waals surface area contributed by atoms with E-state index in [9.17, 15) is 9.90 Å². The average molecular weight is 275 g/mol. The van der Waals surface area contributed by atoms with Crippen LogP contribution in [-0.2, 0) is 11.3 Å². The van der Waals surface area contributed by atoms with Gasteiger partial charge in [-0.1, -0.05) is 6.07 Å². The zero-order chi connectivity index (χ0) is 14.5. The molecule has 1 aromatic heterocycles. The summed E-state index contributed by atoms with van der Waals surface area (Å²) in [5, 5.41) is 12.3. The van der Waals surface area contributed by atoms with Crippen molar-refractivity contribution in [2.75, 3.05) is 7.11 Å². The quantitative estimate of drug-likeness (QED) is 0.866. The van der Waals surface area contributed by atoms with Crippen LogP contribution in [-0.4, -0.2) is 27.7 Å². The molecule has 0 aliphatic carbocycles. The smallest absolute Gasteiger partial charge is 0.243 e. The SMILES string of the molecule is COc1cc(CNC(=O)C(C)n2ccnc2)ccc1O. The molecule has 106 valence electrons. The van der Waals surface area contributed by atoms with Gasteiger partial charge in [-0.25, -0.2) is 4.98 Å². The van der Waals surface area contributed by atoms with Crippen LogP contribution in [0.3, 0.4) is 0 Å². The number of methoxy groups -OCH3 is 1. The van der Waals surface area contributed by atoms with Gasteiger partial charge in [-0.2, -0.15) is 0 Å². The Kier molecular flexibility index (Phi) is 4.24. The van der Waals surface area contributed by atoms with E-state index in [1.54, 1.807) is 48.4 Å². The second kappa shape index (κ2) is 6.10. The fourth-order valence-corrected chi connectivity index (χ4v) is 1.80. The number of benzene rings is 1. The van der Waals surface area contributed by atoms with Crippen LogP contribution in [0.4, 0.5) is 0 Å². The summed E-state index contributed by atoms with van der Waals surface area (Å²) in [4.78, 5) is 15.9. The Hall–Kier alpha value is -2.50. The number of phenols is 1. The lowest BCUT2D eigenvalue weighted by Crippen LogP contribution is -2.30. The maximum absolute atomic E-state index is 12.0. The monoisotopic (exact) mass is 275 g/mol. The molecule has 0 aliphatic heterocycles. The molecule has 0 bridgehead atoms. The lowest BCUT2D eigenvalue weighted by molar-refractivity contribution is -0.124. The van der Waals surface area contributed by atoms with Gasteiger partial charge in [0, 0.05) is 18.9 Å². The molecule has 0 saturated carbocycles. The number of carbonyl (C=O) groups excluding carboxylic acids is 1. The highest BCUT2D eigenvalue weighted by molar-refractivity contribution is 5.79. The number of rotatable bonds is 5. The van der Waals surface area contributed by atoms with E-state index < -0.39 is 0 Å². The predicted octanol–water partition coefficient (Wildman–Crippen LogP) is 1.47. The lowest BCUT2D eigenvalue weighted by Gasteiger charge is -2.13. The number of hydrogen-bond acceptors (Lipinski definition) is 4. The Bertz CT molecular complexity index is 581. The van der Waals surface area contributed by atoms with Crippen LogP contribution in [0.2, 0.25) is 0 Å². The van der Waals surface area contributed by atoms with E-state index in [2.05, 4.69) is 10.3 Å². The first-order valence-corrected chi connectivity index (χ1v) is 6.23. The van der Waals surface area contributed by atoms with Gasteiger partial charge in [0.05, 0.1) is 13.4 Å². The van der Waals surface area contributed by atoms with Crippen LogP contribution >= 0.6 is 0 Å². The minimum absolute atomic E-state index is 0.0781. The van der Waals surface area contributed by atoms with E-state index in [1.165, 1.54) is 7.11 Å². The Morgan fingerprint density at radius 1 is 1.55 bits per heavy atom. The highest BCUT2D eigenvalue weighted by Gasteiger charge is 2.13. The second-order valence-electron chi connectivity index (χ2n) is 4.41. The molecule has 1 aromatic carbocycles. The van der Waals surface area contributed by atoms with E-state index in [4.69, 9.17) is 4.74 Å². The summed E-state index contributed by atoms with van der Waals surface area (Å²) in [5.74, 6) is 0.365. The summed E-state index contributed by atoms with van der Waals surface area (Å²) < 4.78 is 6.75. The molecule has 0 aliphatic rings. The van der Waals surface area contributed by atoms with Gasteiger partial charge in [-0.15, -0.1) is 0 Å². The number of nitrogens with zero attached hydrogens (tertiary/aromatic N) is 2. The Balaban J connectivity index is 1.96. The number of nitrogens with one attached hydrogen (secondary N) is 1. The molecule has 1 heterocycles. The molecule has 0 radical (unpaired) electrons. The molecule has 2 N–H and O–H groups in total. The minimum atomic E-state index is -0.323. The van der Waals surface area contributed by atoms with E-state index in [0.717, 1.165) is 5.56 Å². The van der Waals surface area contributed by atoms with Crippen molar-refractivity contribution in [3.05, 3.63) is 42.5 Å². The van der Waals surface area contributed by atoms with Crippen molar-refractivity contribution in [2.45, 2.75) is 19.5 Å². The molecule has 2 rings (SSSR count). The molecule has 0 spiro atoms. The first kappa shape index (κ1) is 13.9. The van der Waals surface area contributed by atoms with Crippen molar-refractivity contribution < 1.29 is 14.6 Å². The largest absolute Gasteiger partial charge is 0.504 e. The lowest BCUT2D eigenvalue weighted by atomic mass is 10.2. The molecular weight excluding hydrogens is 258 g/mol. The van der Waals surface area contributed by atoms with Crippen molar-refractivity contribution in [1.29, 1.82) is 0 Å². The number of carbonyl (C=O) groups is 1. The van der Waals surface area contributed by atoms with Crippen molar-refractivity contribution >= 4 is 5.91 Å². The summed E-state index contributed by atoms with van der Waals surface area (Å²) in [5.41, 5.74) is 0.853. The minimum Gasteiger partial charge on any atom is -0.504 e. The number of imidazole rings is 1. The third kappa shape index (κ3) is 3.09. The molecule has 1 atom stereocenters. The van der Waals surface area contributed by atoms with Crippen LogP contribution in [0.15, 0.2) is 36.9 Å². The van der Waals surface area contributed by atoms with Crippen LogP contribution in [0, 0.1) is 0 Å². The summed E-state index contributed by atoms with van der Waals surface area (Å²) in [6.45, 7) is 2.17. The molecular formula is C14H17N3O3. The second-order valence-corrected chi connectivity index (χ2v) is 4.41. The van der Waals surface area contributed by atoms with Gasteiger partial charge in [0.15, 0.2) is 11.5 Å². The molecule has 0 fully saturated rings. The molecule has 6 nitrogen and oxygen atoms in total. The normalized spacial score (nSPS) is 11.9. The Labute approximate surface area is 117 Å². The number of ether oxygens (including phenoxy) is 1. The fourth-order valence-electron chi connectivity index (χ4n) is 1.80. The van der Waals surface area contributed by atoms with Crippen molar-refractivity contribution in [3.63, 3.8) is 0 Å². The fraction of sp³-hybridized carbons (Fsp3) is 0.286. The van der Waals surface area contributed by atoms with E-state index in [0.29, 0.717) is 12.3 Å². The van der Waals surface area contributed by atoms with Crippen molar-refractivity contribution in [1.82, 2.24) is 14.9 Å². The Morgan fingerprint density at radius 3 is 3.00 bits per heavy atom. The summed E-state index contributed by atoms with van der Waals surface area (Å²) >= 11 is 0. The van der Waals surface area contributed by atoms with Crippen LogP contribution in [0.25, 0.3) is 0 Å². The number of amides is 1. The van der Waals surface area contributed by atoms with Crippen LogP contribution in [0.5, 0.6) is 11.5 Å². The third-order valence-electron chi connectivity index (χ3n) is 3.06. The highest BCUT2D eigenvalue weighted by atomic mass is 16.5. The molecule has 2 aromatic rings. The van der Waals surface area contributed by atoms with Crippen LogP contribution in [0.1, 0.15) is 18.5 Å². The molecule has 0 saturated heterocycles. The summed E-state index contributed by atoms with van der Waals surface area (Å²) in [6.07, 6.45) is 4.98. The van der Waals surface area contributed by atoms with Crippen molar-refractivity contribution in [3.8, 4) is 11.5 Å². The predicted molar refractivity (Wildman–Crippen MR) is 73.4 cm³/mol. The molecule has 1 amide bonds. The number of aromatic hydroxyl groups is 1. The van der Waals surface area contributed by atoms with Gasteiger partial charge in [0.2, 0.25) is 5.91 Å². The molecule has 20 heavy (non-hydrogen) atoms. The summed E-state index contributed by atoms with van der Waals surface area (Å²) in [6, 6.07) is 4.65. The van der Waals surface area contributed by atoms with Gasteiger partial charge >= 0.3 is 0 Å². The zero-order valence-electron chi connectivity index (χ0n) is 11.4. The first-order chi connectivity index (χ1) is 9.61. The topological polar surface area (TPSA) is 76.4 Å².